The van der Waals surface area contributed by atoms with Crippen molar-refractivity contribution in [1.82, 2.24) is 10.5 Å². The predicted octanol–water partition coefficient (Wildman–Crippen LogP) is 3.14. The van der Waals surface area contributed by atoms with Gasteiger partial charge in [-0.15, -0.1) is 0 Å². The molecule has 0 bridgehead atoms. The standard InChI is InChI=1S/C14H18N2O/c1-10-6-11(2)8-13(7-10)12(3)15-9-14-4-5-16-17-14/h4-8,12,15H,9H2,1-3H3. The van der Waals surface area contributed by atoms with E-state index in [0.717, 1.165) is 5.76 Å². The third-order valence-corrected chi connectivity index (χ3v) is 2.82. The topological polar surface area (TPSA) is 38.1 Å². The van der Waals surface area contributed by atoms with Crippen molar-refractivity contribution in [2.24, 2.45) is 0 Å². The molecule has 0 fully saturated rings. The Balaban J connectivity index is 2.01. The average molecular weight is 230 g/mol. The van der Waals surface area contributed by atoms with Gasteiger partial charge in [0.15, 0.2) is 0 Å². The molecule has 0 saturated heterocycles. The molecule has 2 rings (SSSR count). The van der Waals surface area contributed by atoms with Crippen molar-refractivity contribution in [2.75, 3.05) is 0 Å². The summed E-state index contributed by atoms with van der Waals surface area (Å²) in [5, 5.41) is 7.11. The van der Waals surface area contributed by atoms with E-state index in [1.807, 2.05) is 6.07 Å². The summed E-state index contributed by atoms with van der Waals surface area (Å²) in [7, 11) is 0. The fraction of sp³-hybridized carbons (Fsp3) is 0.357. The van der Waals surface area contributed by atoms with Crippen LogP contribution in [0.15, 0.2) is 35.0 Å². The van der Waals surface area contributed by atoms with Crippen LogP contribution in [0.5, 0.6) is 0 Å². The van der Waals surface area contributed by atoms with Crippen LogP contribution in [0, 0.1) is 13.8 Å². The fourth-order valence-corrected chi connectivity index (χ4v) is 1.96. The molecule has 1 atom stereocenters. The molecule has 2 aromatic rings. The molecule has 3 heteroatoms. The lowest BCUT2D eigenvalue weighted by Crippen LogP contribution is -2.18. The van der Waals surface area contributed by atoms with E-state index in [2.05, 4.69) is 49.4 Å². The van der Waals surface area contributed by atoms with E-state index in [-0.39, 0.29) is 0 Å². The van der Waals surface area contributed by atoms with Crippen LogP contribution in [0.3, 0.4) is 0 Å². The van der Waals surface area contributed by atoms with Crippen LogP contribution < -0.4 is 5.32 Å². The summed E-state index contributed by atoms with van der Waals surface area (Å²) < 4.78 is 5.05. The van der Waals surface area contributed by atoms with Gasteiger partial charge < -0.3 is 9.84 Å². The van der Waals surface area contributed by atoms with Gasteiger partial charge in [-0.05, 0) is 26.3 Å². The van der Waals surface area contributed by atoms with Crippen molar-refractivity contribution in [3.05, 3.63) is 52.9 Å². The Bertz CT molecular complexity index is 457. The minimum atomic E-state index is 0.304. The van der Waals surface area contributed by atoms with Gasteiger partial charge in [0, 0.05) is 12.1 Å². The van der Waals surface area contributed by atoms with Crippen LogP contribution in [0.1, 0.15) is 35.4 Å². The Hall–Kier alpha value is -1.61. The number of hydrogen-bond acceptors (Lipinski definition) is 3. The molecule has 0 aliphatic rings. The number of aromatic nitrogens is 1. The number of rotatable bonds is 4. The summed E-state index contributed by atoms with van der Waals surface area (Å²) >= 11 is 0. The molecule has 3 nitrogen and oxygen atoms in total. The van der Waals surface area contributed by atoms with Gasteiger partial charge in [-0.2, -0.15) is 0 Å². The molecule has 0 amide bonds. The van der Waals surface area contributed by atoms with Crippen molar-refractivity contribution >= 4 is 0 Å². The molecule has 0 aliphatic carbocycles. The number of benzene rings is 1. The molecule has 0 spiro atoms. The summed E-state index contributed by atoms with van der Waals surface area (Å²) in [4.78, 5) is 0. The first kappa shape index (κ1) is 11.9. The van der Waals surface area contributed by atoms with Gasteiger partial charge in [-0.25, -0.2) is 0 Å². The number of aryl methyl sites for hydroxylation is 2. The van der Waals surface area contributed by atoms with Crippen molar-refractivity contribution < 1.29 is 4.52 Å². The second-order valence-corrected chi connectivity index (χ2v) is 4.50. The summed E-state index contributed by atoms with van der Waals surface area (Å²) in [5.74, 6) is 0.862. The van der Waals surface area contributed by atoms with E-state index in [0.29, 0.717) is 12.6 Å². The van der Waals surface area contributed by atoms with Crippen LogP contribution in [0.4, 0.5) is 0 Å². The smallest absolute Gasteiger partial charge is 0.150 e. The highest BCUT2D eigenvalue weighted by molar-refractivity contribution is 5.30. The Morgan fingerprint density at radius 1 is 1.24 bits per heavy atom. The molecule has 90 valence electrons. The highest BCUT2D eigenvalue weighted by Crippen LogP contribution is 2.17. The zero-order chi connectivity index (χ0) is 12.3. The zero-order valence-corrected chi connectivity index (χ0v) is 10.5. The summed E-state index contributed by atoms with van der Waals surface area (Å²) in [6.07, 6.45) is 1.67. The van der Waals surface area contributed by atoms with Gasteiger partial charge >= 0.3 is 0 Å². The SMILES string of the molecule is Cc1cc(C)cc(C(C)NCc2ccno2)c1. The molecule has 17 heavy (non-hydrogen) atoms. The quantitative estimate of drug-likeness (QED) is 0.876. The first-order valence-corrected chi connectivity index (χ1v) is 5.86. The lowest BCUT2D eigenvalue weighted by atomic mass is 10.0. The highest BCUT2D eigenvalue weighted by Gasteiger charge is 2.07. The molecule has 0 saturated carbocycles. The van der Waals surface area contributed by atoms with Gasteiger partial charge in [0.2, 0.25) is 0 Å². The van der Waals surface area contributed by atoms with E-state index in [4.69, 9.17) is 4.52 Å². The molecule has 0 radical (unpaired) electrons. The van der Waals surface area contributed by atoms with Crippen molar-refractivity contribution in [1.29, 1.82) is 0 Å². The van der Waals surface area contributed by atoms with Crippen LogP contribution in [-0.2, 0) is 6.54 Å². The summed E-state index contributed by atoms with van der Waals surface area (Å²) in [6.45, 7) is 7.11. The predicted molar refractivity (Wildman–Crippen MR) is 67.7 cm³/mol. The minimum Gasteiger partial charge on any atom is -0.360 e. The van der Waals surface area contributed by atoms with Gasteiger partial charge in [-0.1, -0.05) is 34.5 Å². The normalized spacial score (nSPS) is 12.6. The second kappa shape index (κ2) is 5.15. The zero-order valence-electron chi connectivity index (χ0n) is 10.5. The summed E-state index contributed by atoms with van der Waals surface area (Å²) in [6, 6.07) is 8.79. The van der Waals surface area contributed by atoms with Crippen LogP contribution in [0.25, 0.3) is 0 Å². The first-order valence-electron chi connectivity index (χ1n) is 5.86. The second-order valence-electron chi connectivity index (χ2n) is 4.50. The van der Waals surface area contributed by atoms with Crippen molar-refractivity contribution in [3.8, 4) is 0 Å². The number of hydrogen-bond donors (Lipinski definition) is 1. The van der Waals surface area contributed by atoms with E-state index >= 15 is 0 Å². The van der Waals surface area contributed by atoms with Gasteiger partial charge in [-0.3, -0.25) is 0 Å². The monoisotopic (exact) mass is 230 g/mol. The molecular formula is C14H18N2O. The molecule has 1 N–H and O–H groups in total. The largest absolute Gasteiger partial charge is 0.360 e. The number of nitrogens with zero attached hydrogens (tertiary/aromatic N) is 1. The Kier molecular flexibility index (Phi) is 3.59. The van der Waals surface area contributed by atoms with Crippen molar-refractivity contribution in [2.45, 2.75) is 33.4 Å². The van der Waals surface area contributed by atoms with Crippen molar-refractivity contribution in [3.63, 3.8) is 0 Å². The minimum absolute atomic E-state index is 0.304. The molecule has 1 aromatic heterocycles. The Morgan fingerprint density at radius 2 is 1.94 bits per heavy atom. The third kappa shape index (κ3) is 3.17. The van der Waals surface area contributed by atoms with Crippen LogP contribution in [0.2, 0.25) is 0 Å². The Morgan fingerprint density at radius 3 is 2.53 bits per heavy atom. The van der Waals surface area contributed by atoms with Gasteiger partial charge in [0.25, 0.3) is 0 Å². The third-order valence-electron chi connectivity index (χ3n) is 2.82. The lowest BCUT2D eigenvalue weighted by Gasteiger charge is -2.14. The Labute approximate surface area is 102 Å². The average Bonchev–Trinajstić information content (AvgIpc) is 2.77. The molecule has 1 aromatic carbocycles. The first-order chi connectivity index (χ1) is 8.15. The highest BCUT2D eigenvalue weighted by atomic mass is 16.5. The molecule has 1 unspecified atom stereocenters. The molecule has 1 heterocycles. The van der Waals surface area contributed by atoms with Gasteiger partial charge in [0.05, 0.1) is 12.7 Å². The van der Waals surface area contributed by atoms with E-state index < -0.39 is 0 Å². The van der Waals surface area contributed by atoms with E-state index in [9.17, 15) is 0 Å². The maximum absolute atomic E-state index is 5.05. The molecular weight excluding hydrogens is 212 g/mol. The van der Waals surface area contributed by atoms with Crippen LogP contribution >= 0.6 is 0 Å². The van der Waals surface area contributed by atoms with E-state index in [1.54, 1.807) is 6.20 Å². The lowest BCUT2D eigenvalue weighted by molar-refractivity contribution is 0.366. The maximum Gasteiger partial charge on any atom is 0.150 e. The van der Waals surface area contributed by atoms with Crippen LogP contribution in [-0.4, -0.2) is 5.16 Å². The fourth-order valence-electron chi connectivity index (χ4n) is 1.96. The molecule has 0 aliphatic heterocycles. The van der Waals surface area contributed by atoms with Gasteiger partial charge in [0.1, 0.15) is 5.76 Å². The number of nitrogens with one attached hydrogen (secondary N) is 1. The summed E-state index contributed by atoms with van der Waals surface area (Å²) in [5.41, 5.74) is 3.91. The van der Waals surface area contributed by atoms with E-state index in [1.165, 1.54) is 16.7 Å². The maximum atomic E-state index is 5.05.